The average Bonchev–Trinajstić information content (AvgIpc) is 2.85. The molecule has 3 rings (SSSR count). The van der Waals surface area contributed by atoms with Crippen molar-refractivity contribution in [1.82, 2.24) is 5.16 Å². The van der Waals surface area contributed by atoms with Crippen molar-refractivity contribution in [2.45, 2.75) is 6.42 Å². The van der Waals surface area contributed by atoms with Gasteiger partial charge in [0.25, 0.3) is 0 Å². The predicted octanol–water partition coefficient (Wildman–Crippen LogP) is 4.42. The molecule has 1 amide bonds. The van der Waals surface area contributed by atoms with Crippen LogP contribution in [0.4, 0.5) is 5.69 Å². The van der Waals surface area contributed by atoms with E-state index in [1.54, 1.807) is 18.2 Å². The Morgan fingerprint density at radius 1 is 1.29 bits per heavy atom. The summed E-state index contributed by atoms with van der Waals surface area (Å²) in [6, 6.07) is 12.6. The first-order valence-corrected chi connectivity index (χ1v) is 7.39. The van der Waals surface area contributed by atoms with Crippen LogP contribution in [-0.2, 0) is 11.2 Å². The summed E-state index contributed by atoms with van der Waals surface area (Å²) >= 11 is 9.23. The van der Waals surface area contributed by atoms with Gasteiger partial charge in [-0.3, -0.25) is 4.79 Å². The second kappa shape index (κ2) is 5.87. The maximum absolute atomic E-state index is 12.1. The Morgan fingerprint density at radius 2 is 2.10 bits per heavy atom. The minimum Gasteiger partial charge on any atom is -0.356 e. The Morgan fingerprint density at radius 3 is 2.90 bits per heavy atom. The average molecular weight is 366 g/mol. The Hall–Kier alpha value is -1.85. The van der Waals surface area contributed by atoms with Crippen LogP contribution < -0.4 is 5.32 Å². The van der Waals surface area contributed by atoms with E-state index in [1.807, 2.05) is 24.3 Å². The van der Waals surface area contributed by atoms with E-state index in [-0.39, 0.29) is 12.3 Å². The predicted molar refractivity (Wildman–Crippen MR) is 85.5 cm³/mol. The number of carbonyl (C=O) groups excluding carboxylic acids is 1. The van der Waals surface area contributed by atoms with Crippen LogP contribution in [0.15, 0.2) is 51.5 Å². The van der Waals surface area contributed by atoms with E-state index in [0.29, 0.717) is 22.0 Å². The topological polar surface area (TPSA) is 55.1 Å². The molecule has 0 radical (unpaired) electrons. The number of hydrogen-bond acceptors (Lipinski definition) is 3. The van der Waals surface area contributed by atoms with Crippen molar-refractivity contribution >= 4 is 50.1 Å². The van der Waals surface area contributed by atoms with Crippen LogP contribution >= 0.6 is 27.5 Å². The zero-order valence-electron chi connectivity index (χ0n) is 10.8. The van der Waals surface area contributed by atoms with Crippen molar-refractivity contribution in [2.24, 2.45) is 0 Å². The van der Waals surface area contributed by atoms with Crippen LogP contribution in [0.2, 0.25) is 5.02 Å². The zero-order chi connectivity index (χ0) is 14.8. The molecule has 0 spiro atoms. The van der Waals surface area contributed by atoms with E-state index in [0.717, 1.165) is 9.86 Å². The molecule has 6 heteroatoms. The van der Waals surface area contributed by atoms with Gasteiger partial charge in [0.1, 0.15) is 5.69 Å². The molecule has 0 unspecified atom stereocenters. The number of nitrogens with zero attached hydrogens (tertiary/aromatic N) is 1. The van der Waals surface area contributed by atoms with E-state index < -0.39 is 0 Å². The maximum Gasteiger partial charge on any atom is 0.230 e. The van der Waals surface area contributed by atoms with Crippen molar-refractivity contribution in [2.75, 3.05) is 5.32 Å². The molecule has 0 bridgehead atoms. The van der Waals surface area contributed by atoms with Gasteiger partial charge in [0.2, 0.25) is 5.91 Å². The summed E-state index contributed by atoms with van der Waals surface area (Å²) in [6.45, 7) is 0. The normalized spacial score (nSPS) is 10.8. The van der Waals surface area contributed by atoms with E-state index >= 15 is 0 Å². The Kier molecular flexibility index (Phi) is 3.94. The van der Waals surface area contributed by atoms with Crippen LogP contribution in [0.25, 0.3) is 11.0 Å². The lowest BCUT2D eigenvalue weighted by Crippen LogP contribution is -2.15. The van der Waals surface area contributed by atoms with Gasteiger partial charge in [0.05, 0.1) is 12.1 Å². The highest BCUT2D eigenvalue weighted by molar-refractivity contribution is 9.10. The summed E-state index contributed by atoms with van der Waals surface area (Å²) in [5.41, 5.74) is 1.96. The Balaban J connectivity index is 1.77. The number of hydrogen-bond donors (Lipinski definition) is 1. The lowest BCUT2D eigenvalue weighted by Gasteiger charge is -2.06. The highest BCUT2D eigenvalue weighted by Crippen LogP contribution is 2.26. The van der Waals surface area contributed by atoms with Gasteiger partial charge in [-0.25, -0.2) is 0 Å². The minimum atomic E-state index is -0.169. The molecule has 21 heavy (non-hydrogen) atoms. The number of aromatic nitrogens is 1. The van der Waals surface area contributed by atoms with Crippen LogP contribution in [0.5, 0.6) is 0 Å². The summed E-state index contributed by atoms with van der Waals surface area (Å²) in [5.74, 6) is -0.169. The maximum atomic E-state index is 12.1. The highest BCUT2D eigenvalue weighted by atomic mass is 79.9. The molecule has 1 heterocycles. The first kappa shape index (κ1) is 14.1. The molecule has 3 aromatic rings. The molecule has 1 N–H and O–H groups in total. The monoisotopic (exact) mass is 364 g/mol. The van der Waals surface area contributed by atoms with E-state index in [9.17, 15) is 4.79 Å². The molecule has 0 saturated heterocycles. The molecule has 0 aliphatic rings. The minimum absolute atomic E-state index is 0.145. The van der Waals surface area contributed by atoms with Gasteiger partial charge in [-0.2, -0.15) is 0 Å². The fourth-order valence-electron chi connectivity index (χ4n) is 2.00. The fraction of sp³-hybridized carbons (Fsp3) is 0.0667. The molecular weight excluding hydrogens is 356 g/mol. The number of anilines is 1. The van der Waals surface area contributed by atoms with Gasteiger partial charge in [-0.1, -0.05) is 28.9 Å². The third-order valence-electron chi connectivity index (χ3n) is 2.99. The molecule has 0 aliphatic carbocycles. The van der Waals surface area contributed by atoms with Crippen LogP contribution in [-0.4, -0.2) is 11.1 Å². The summed E-state index contributed by atoms with van der Waals surface area (Å²) in [6.07, 6.45) is 0.145. The SMILES string of the molecule is O=C(Cc1noc2ccccc12)Nc1ccc(Cl)cc1Br. The van der Waals surface area contributed by atoms with Crippen molar-refractivity contribution < 1.29 is 9.32 Å². The van der Waals surface area contributed by atoms with E-state index in [1.165, 1.54) is 0 Å². The number of fused-ring (bicyclic) bond motifs is 1. The van der Waals surface area contributed by atoms with E-state index in [2.05, 4.69) is 26.4 Å². The quantitative estimate of drug-likeness (QED) is 0.747. The first-order valence-electron chi connectivity index (χ1n) is 6.21. The number of rotatable bonds is 3. The summed E-state index contributed by atoms with van der Waals surface area (Å²) in [5, 5.41) is 8.21. The molecular formula is C15H10BrClN2O2. The van der Waals surface area contributed by atoms with Crippen molar-refractivity contribution in [3.63, 3.8) is 0 Å². The third-order valence-corrected chi connectivity index (χ3v) is 3.88. The second-order valence-electron chi connectivity index (χ2n) is 4.47. The second-order valence-corrected chi connectivity index (χ2v) is 5.77. The van der Waals surface area contributed by atoms with Gasteiger partial charge in [-0.05, 0) is 46.3 Å². The zero-order valence-corrected chi connectivity index (χ0v) is 13.1. The van der Waals surface area contributed by atoms with Gasteiger partial charge in [0.15, 0.2) is 5.58 Å². The fourth-order valence-corrected chi connectivity index (χ4v) is 2.78. The molecule has 106 valence electrons. The number of nitrogens with one attached hydrogen (secondary N) is 1. The molecule has 0 fully saturated rings. The Labute approximate surface area is 134 Å². The summed E-state index contributed by atoms with van der Waals surface area (Å²) in [4.78, 5) is 12.1. The van der Waals surface area contributed by atoms with Crippen LogP contribution in [0.1, 0.15) is 5.69 Å². The van der Waals surface area contributed by atoms with Crippen molar-refractivity contribution in [1.29, 1.82) is 0 Å². The first-order chi connectivity index (χ1) is 10.1. The molecule has 4 nitrogen and oxygen atoms in total. The third kappa shape index (κ3) is 3.09. The number of para-hydroxylation sites is 1. The van der Waals surface area contributed by atoms with Crippen molar-refractivity contribution in [3.05, 3.63) is 57.7 Å². The highest BCUT2D eigenvalue weighted by Gasteiger charge is 2.13. The lowest BCUT2D eigenvalue weighted by atomic mass is 10.1. The number of benzene rings is 2. The standard InChI is InChI=1S/C15H10BrClN2O2/c16-11-7-9(17)5-6-12(11)18-15(20)8-13-10-3-1-2-4-14(10)21-19-13/h1-7H,8H2,(H,18,20). The smallest absolute Gasteiger partial charge is 0.230 e. The summed E-state index contributed by atoms with van der Waals surface area (Å²) in [7, 11) is 0. The van der Waals surface area contributed by atoms with Gasteiger partial charge < -0.3 is 9.84 Å². The molecule has 0 aliphatic heterocycles. The molecule has 0 saturated carbocycles. The van der Waals surface area contributed by atoms with Crippen LogP contribution in [0, 0.1) is 0 Å². The van der Waals surface area contributed by atoms with Gasteiger partial charge in [0, 0.05) is 14.9 Å². The van der Waals surface area contributed by atoms with Gasteiger partial charge in [-0.15, -0.1) is 0 Å². The Bertz CT molecular complexity index is 816. The number of carbonyl (C=O) groups is 1. The van der Waals surface area contributed by atoms with Gasteiger partial charge >= 0.3 is 0 Å². The van der Waals surface area contributed by atoms with E-state index in [4.69, 9.17) is 16.1 Å². The number of amides is 1. The number of halogens is 2. The molecule has 1 aromatic heterocycles. The van der Waals surface area contributed by atoms with Crippen LogP contribution in [0.3, 0.4) is 0 Å². The lowest BCUT2D eigenvalue weighted by molar-refractivity contribution is -0.115. The summed E-state index contributed by atoms with van der Waals surface area (Å²) < 4.78 is 5.91. The largest absolute Gasteiger partial charge is 0.356 e. The molecule has 2 aromatic carbocycles. The molecule has 0 atom stereocenters. The van der Waals surface area contributed by atoms with Crippen molar-refractivity contribution in [3.8, 4) is 0 Å².